The molecule has 1 aliphatic rings. The fourth-order valence-electron chi connectivity index (χ4n) is 2.34. The summed E-state index contributed by atoms with van der Waals surface area (Å²) in [5, 5.41) is 8.83. The lowest BCUT2D eigenvalue weighted by atomic mass is 9.86. The minimum Gasteiger partial charge on any atom is -0.370 e. The fourth-order valence-corrected chi connectivity index (χ4v) is 2.34. The molecule has 2 rings (SSSR count). The standard InChI is InChI=1S/C12H17N3/c1-15(12-6-7-14-9-12)11-4-2-10(8-13)3-5-11/h6-7,9-11,14H,2-5H2,1H3. The molecule has 1 saturated carbocycles. The molecule has 0 amide bonds. The largest absolute Gasteiger partial charge is 0.370 e. The minimum absolute atomic E-state index is 0.292. The SMILES string of the molecule is CN(c1cc[nH]c1)C1CCC(C#N)CC1. The summed E-state index contributed by atoms with van der Waals surface area (Å²) < 4.78 is 0. The van der Waals surface area contributed by atoms with Crippen molar-refractivity contribution in [3.05, 3.63) is 18.5 Å². The van der Waals surface area contributed by atoms with Crippen LogP contribution in [0.5, 0.6) is 0 Å². The number of rotatable bonds is 2. The zero-order valence-electron chi connectivity index (χ0n) is 9.11. The van der Waals surface area contributed by atoms with Crippen molar-refractivity contribution in [3.8, 4) is 6.07 Å². The van der Waals surface area contributed by atoms with Gasteiger partial charge in [-0.2, -0.15) is 5.26 Å². The Labute approximate surface area is 90.7 Å². The maximum Gasteiger partial charge on any atom is 0.0655 e. The molecule has 3 heteroatoms. The first-order chi connectivity index (χ1) is 7.31. The molecule has 0 aliphatic heterocycles. The van der Waals surface area contributed by atoms with Gasteiger partial charge in [0.15, 0.2) is 0 Å². The van der Waals surface area contributed by atoms with E-state index in [1.807, 2.05) is 12.4 Å². The molecule has 0 aromatic carbocycles. The second kappa shape index (κ2) is 4.39. The van der Waals surface area contributed by atoms with E-state index in [0.29, 0.717) is 12.0 Å². The second-order valence-electron chi connectivity index (χ2n) is 4.31. The maximum atomic E-state index is 8.83. The van der Waals surface area contributed by atoms with Crippen molar-refractivity contribution in [1.29, 1.82) is 5.26 Å². The summed E-state index contributed by atoms with van der Waals surface area (Å²) in [5.74, 6) is 0.292. The van der Waals surface area contributed by atoms with Gasteiger partial charge in [0.2, 0.25) is 0 Å². The van der Waals surface area contributed by atoms with Crippen molar-refractivity contribution in [2.24, 2.45) is 5.92 Å². The third kappa shape index (κ3) is 2.15. The van der Waals surface area contributed by atoms with E-state index >= 15 is 0 Å². The molecule has 1 fully saturated rings. The van der Waals surface area contributed by atoms with Crippen LogP contribution in [0, 0.1) is 17.2 Å². The Kier molecular flexibility index (Phi) is 2.96. The van der Waals surface area contributed by atoms with E-state index in [9.17, 15) is 0 Å². The van der Waals surface area contributed by atoms with Gasteiger partial charge in [-0.15, -0.1) is 0 Å². The van der Waals surface area contributed by atoms with Crippen molar-refractivity contribution in [3.63, 3.8) is 0 Å². The average molecular weight is 203 g/mol. The topological polar surface area (TPSA) is 42.8 Å². The number of anilines is 1. The molecular weight excluding hydrogens is 186 g/mol. The van der Waals surface area contributed by atoms with E-state index < -0.39 is 0 Å². The highest BCUT2D eigenvalue weighted by molar-refractivity contribution is 5.44. The maximum absolute atomic E-state index is 8.83. The molecule has 1 aromatic rings. The number of hydrogen-bond donors (Lipinski definition) is 1. The van der Waals surface area contributed by atoms with Crippen molar-refractivity contribution < 1.29 is 0 Å². The molecule has 0 radical (unpaired) electrons. The molecule has 1 aromatic heterocycles. The first kappa shape index (κ1) is 10.1. The van der Waals surface area contributed by atoms with Crippen LogP contribution in [0.15, 0.2) is 18.5 Å². The van der Waals surface area contributed by atoms with E-state index in [1.54, 1.807) is 0 Å². The summed E-state index contributed by atoms with van der Waals surface area (Å²) in [4.78, 5) is 5.40. The number of aromatic nitrogens is 1. The van der Waals surface area contributed by atoms with E-state index in [4.69, 9.17) is 5.26 Å². The van der Waals surface area contributed by atoms with Crippen molar-refractivity contribution in [1.82, 2.24) is 4.98 Å². The number of nitrogens with zero attached hydrogens (tertiary/aromatic N) is 2. The van der Waals surface area contributed by atoms with Gasteiger partial charge < -0.3 is 9.88 Å². The highest BCUT2D eigenvalue weighted by Gasteiger charge is 2.23. The first-order valence-electron chi connectivity index (χ1n) is 5.56. The number of nitrogens with one attached hydrogen (secondary N) is 1. The smallest absolute Gasteiger partial charge is 0.0655 e. The number of hydrogen-bond acceptors (Lipinski definition) is 2. The summed E-state index contributed by atoms with van der Waals surface area (Å²) in [7, 11) is 2.14. The molecule has 0 saturated heterocycles. The van der Waals surface area contributed by atoms with Gasteiger partial charge in [-0.25, -0.2) is 0 Å². The van der Waals surface area contributed by atoms with Crippen LogP contribution >= 0.6 is 0 Å². The van der Waals surface area contributed by atoms with Crippen molar-refractivity contribution >= 4 is 5.69 Å². The van der Waals surface area contributed by atoms with E-state index in [0.717, 1.165) is 25.7 Å². The van der Waals surface area contributed by atoms with Gasteiger partial charge in [0.25, 0.3) is 0 Å². The third-order valence-electron chi connectivity index (χ3n) is 3.42. The number of nitriles is 1. The van der Waals surface area contributed by atoms with E-state index in [-0.39, 0.29) is 0 Å². The average Bonchev–Trinajstić information content (AvgIpc) is 2.82. The van der Waals surface area contributed by atoms with E-state index in [1.165, 1.54) is 5.69 Å². The summed E-state index contributed by atoms with van der Waals surface area (Å²) >= 11 is 0. The van der Waals surface area contributed by atoms with Crippen molar-refractivity contribution in [2.45, 2.75) is 31.7 Å². The van der Waals surface area contributed by atoms with Crippen LogP contribution in [0.2, 0.25) is 0 Å². The van der Waals surface area contributed by atoms with Gasteiger partial charge in [-0.05, 0) is 31.7 Å². The minimum atomic E-state index is 0.292. The van der Waals surface area contributed by atoms with Crippen LogP contribution in [-0.4, -0.2) is 18.1 Å². The van der Waals surface area contributed by atoms with E-state index in [2.05, 4.69) is 29.1 Å². The molecule has 1 N–H and O–H groups in total. The van der Waals surface area contributed by atoms with Crippen LogP contribution in [-0.2, 0) is 0 Å². The predicted molar refractivity (Wildman–Crippen MR) is 60.6 cm³/mol. The molecule has 0 atom stereocenters. The van der Waals surface area contributed by atoms with Crippen molar-refractivity contribution in [2.75, 3.05) is 11.9 Å². The summed E-state index contributed by atoms with van der Waals surface area (Å²) in [6, 6.07) is 5.07. The Bertz CT molecular complexity index is 328. The van der Waals surface area contributed by atoms with Gasteiger partial charge in [0.05, 0.1) is 11.8 Å². The van der Waals surface area contributed by atoms with Crippen LogP contribution in [0.4, 0.5) is 5.69 Å². The summed E-state index contributed by atoms with van der Waals surface area (Å²) in [5.41, 5.74) is 1.25. The van der Waals surface area contributed by atoms with Gasteiger partial charge >= 0.3 is 0 Å². The Balaban J connectivity index is 1.94. The second-order valence-corrected chi connectivity index (χ2v) is 4.31. The Morgan fingerprint density at radius 1 is 1.40 bits per heavy atom. The zero-order valence-corrected chi connectivity index (χ0v) is 9.11. The summed E-state index contributed by atoms with van der Waals surface area (Å²) in [6.45, 7) is 0. The highest BCUT2D eigenvalue weighted by atomic mass is 15.1. The molecule has 0 bridgehead atoms. The quantitative estimate of drug-likeness (QED) is 0.802. The van der Waals surface area contributed by atoms with Crippen LogP contribution in [0.25, 0.3) is 0 Å². The van der Waals surface area contributed by atoms with Crippen LogP contribution < -0.4 is 4.90 Å². The zero-order chi connectivity index (χ0) is 10.7. The molecule has 3 nitrogen and oxygen atoms in total. The predicted octanol–water partition coefficient (Wildman–Crippen LogP) is 2.53. The Morgan fingerprint density at radius 2 is 2.13 bits per heavy atom. The van der Waals surface area contributed by atoms with Crippen LogP contribution in [0.1, 0.15) is 25.7 Å². The lowest BCUT2D eigenvalue weighted by molar-refractivity contribution is 0.372. The molecular formula is C12H17N3. The molecule has 1 aliphatic carbocycles. The lowest BCUT2D eigenvalue weighted by Gasteiger charge is -2.33. The Morgan fingerprint density at radius 3 is 2.67 bits per heavy atom. The third-order valence-corrected chi connectivity index (χ3v) is 3.42. The summed E-state index contributed by atoms with van der Waals surface area (Å²) in [6.07, 6.45) is 8.36. The van der Waals surface area contributed by atoms with Gasteiger partial charge in [0, 0.05) is 31.4 Å². The molecule has 0 unspecified atom stereocenters. The van der Waals surface area contributed by atoms with Crippen LogP contribution in [0.3, 0.4) is 0 Å². The molecule has 15 heavy (non-hydrogen) atoms. The molecule has 80 valence electrons. The number of H-pyrrole nitrogens is 1. The number of aromatic amines is 1. The first-order valence-corrected chi connectivity index (χ1v) is 5.56. The lowest BCUT2D eigenvalue weighted by Crippen LogP contribution is -2.34. The monoisotopic (exact) mass is 203 g/mol. The molecule has 1 heterocycles. The normalized spacial score (nSPS) is 25.9. The highest BCUT2D eigenvalue weighted by Crippen LogP contribution is 2.28. The fraction of sp³-hybridized carbons (Fsp3) is 0.583. The van der Waals surface area contributed by atoms with Gasteiger partial charge in [-0.1, -0.05) is 0 Å². The molecule has 0 spiro atoms. The Hall–Kier alpha value is -1.43. The van der Waals surface area contributed by atoms with Gasteiger partial charge in [-0.3, -0.25) is 0 Å². The van der Waals surface area contributed by atoms with Gasteiger partial charge in [0.1, 0.15) is 0 Å².